The van der Waals surface area contributed by atoms with Crippen LogP contribution in [0.3, 0.4) is 0 Å². The van der Waals surface area contributed by atoms with E-state index in [1.165, 1.54) is 4.31 Å². The highest BCUT2D eigenvalue weighted by molar-refractivity contribution is 7.89. The summed E-state index contributed by atoms with van der Waals surface area (Å²) in [5.74, 6) is 0. The Bertz CT molecular complexity index is 776. The van der Waals surface area contributed by atoms with Crippen LogP contribution in [0, 0.1) is 6.92 Å². The molecular weight excluding hydrogens is 308 g/mol. The third kappa shape index (κ3) is 2.65. The molecule has 4 nitrogen and oxygen atoms in total. The van der Waals surface area contributed by atoms with Crippen molar-refractivity contribution in [1.82, 2.24) is 9.29 Å². The molecule has 1 unspecified atom stereocenters. The van der Waals surface area contributed by atoms with Crippen molar-refractivity contribution in [3.05, 3.63) is 36.0 Å². The molecule has 0 N–H and O–H groups in total. The standard InChI is InChI=1S/C15H17ClN2O2S/c1-11-6-7-14(13-5-2-8-17-15(11)13)21(19,20)18-9-3-4-12(16)10-18/h2,5-8,12H,3-4,9-10H2,1H3. The molecule has 1 aliphatic rings. The van der Waals surface area contributed by atoms with Crippen LogP contribution in [0.25, 0.3) is 10.9 Å². The van der Waals surface area contributed by atoms with Crippen LogP contribution in [0.15, 0.2) is 35.4 Å². The van der Waals surface area contributed by atoms with Crippen molar-refractivity contribution in [1.29, 1.82) is 0 Å². The van der Waals surface area contributed by atoms with Gasteiger partial charge in [-0.25, -0.2) is 8.42 Å². The topological polar surface area (TPSA) is 50.3 Å². The number of aromatic nitrogens is 1. The van der Waals surface area contributed by atoms with Gasteiger partial charge in [0.05, 0.1) is 10.4 Å². The van der Waals surface area contributed by atoms with E-state index in [0.717, 1.165) is 23.9 Å². The first kappa shape index (κ1) is 14.8. The number of rotatable bonds is 2. The van der Waals surface area contributed by atoms with Gasteiger partial charge in [-0.05, 0) is 43.5 Å². The number of alkyl halides is 1. The van der Waals surface area contributed by atoms with Crippen molar-refractivity contribution < 1.29 is 8.42 Å². The predicted octanol–water partition coefficient (Wildman–Crippen LogP) is 2.94. The summed E-state index contributed by atoms with van der Waals surface area (Å²) in [5.41, 5.74) is 1.71. The zero-order chi connectivity index (χ0) is 15.0. The minimum Gasteiger partial charge on any atom is -0.256 e. The zero-order valence-corrected chi connectivity index (χ0v) is 13.4. The Morgan fingerprint density at radius 2 is 2.14 bits per heavy atom. The Balaban J connectivity index is 2.13. The Morgan fingerprint density at radius 1 is 1.33 bits per heavy atom. The Labute approximate surface area is 129 Å². The molecule has 0 spiro atoms. The fourth-order valence-corrected chi connectivity index (χ4v) is 4.87. The average molecular weight is 325 g/mol. The second kappa shape index (κ2) is 5.55. The van der Waals surface area contributed by atoms with Crippen molar-refractivity contribution in [2.24, 2.45) is 0 Å². The molecular formula is C15H17ClN2O2S. The van der Waals surface area contributed by atoms with E-state index in [1.54, 1.807) is 18.3 Å². The molecule has 1 saturated heterocycles. The number of nitrogens with zero attached hydrogens (tertiary/aromatic N) is 2. The minimum atomic E-state index is -3.53. The quantitative estimate of drug-likeness (QED) is 0.798. The lowest BCUT2D eigenvalue weighted by Crippen LogP contribution is -2.40. The van der Waals surface area contributed by atoms with Crippen molar-refractivity contribution in [2.45, 2.75) is 30.0 Å². The van der Waals surface area contributed by atoms with Crippen LogP contribution in [0.1, 0.15) is 18.4 Å². The van der Waals surface area contributed by atoms with Gasteiger partial charge < -0.3 is 0 Å². The van der Waals surface area contributed by atoms with E-state index in [0.29, 0.717) is 23.4 Å². The molecule has 0 bridgehead atoms. The van der Waals surface area contributed by atoms with Gasteiger partial charge in [-0.15, -0.1) is 11.6 Å². The summed E-state index contributed by atoms with van der Waals surface area (Å²) in [5, 5.41) is 0.567. The second-order valence-electron chi connectivity index (χ2n) is 5.38. The fourth-order valence-electron chi connectivity index (χ4n) is 2.76. The lowest BCUT2D eigenvalue weighted by atomic mass is 10.1. The van der Waals surface area contributed by atoms with Crippen LogP contribution in [0.5, 0.6) is 0 Å². The van der Waals surface area contributed by atoms with Crippen LogP contribution in [-0.2, 0) is 10.0 Å². The first-order valence-electron chi connectivity index (χ1n) is 6.99. The summed E-state index contributed by atoms with van der Waals surface area (Å²) in [6, 6.07) is 7.06. The van der Waals surface area contributed by atoms with Gasteiger partial charge in [0.15, 0.2) is 0 Å². The van der Waals surface area contributed by atoms with Crippen LogP contribution in [0.4, 0.5) is 0 Å². The highest BCUT2D eigenvalue weighted by atomic mass is 35.5. The number of benzene rings is 1. The van der Waals surface area contributed by atoms with Gasteiger partial charge in [-0.1, -0.05) is 6.07 Å². The summed E-state index contributed by atoms with van der Waals surface area (Å²) >= 11 is 6.13. The van der Waals surface area contributed by atoms with E-state index in [-0.39, 0.29) is 5.38 Å². The highest BCUT2D eigenvalue weighted by Gasteiger charge is 2.30. The number of fused-ring (bicyclic) bond motifs is 1. The predicted molar refractivity (Wildman–Crippen MR) is 84.1 cm³/mol. The molecule has 1 atom stereocenters. The summed E-state index contributed by atoms with van der Waals surface area (Å²) in [7, 11) is -3.53. The summed E-state index contributed by atoms with van der Waals surface area (Å²) in [4.78, 5) is 4.63. The Morgan fingerprint density at radius 3 is 2.90 bits per heavy atom. The lowest BCUT2D eigenvalue weighted by molar-refractivity contribution is 0.351. The molecule has 21 heavy (non-hydrogen) atoms. The number of hydrogen-bond donors (Lipinski definition) is 0. The minimum absolute atomic E-state index is 0.108. The summed E-state index contributed by atoms with van der Waals surface area (Å²) in [6.45, 7) is 2.84. The molecule has 1 fully saturated rings. The smallest absolute Gasteiger partial charge is 0.243 e. The molecule has 2 aromatic rings. The highest BCUT2D eigenvalue weighted by Crippen LogP contribution is 2.29. The van der Waals surface area contributed by atoms with E-state index in [4.69, 9.17) is 11.6 Å². The molecule has 0 aliphatic carbocycles. The van der Waals surface area contributed by atoms with Crippen LogP contribution in [-0.4, -0.2) is 36.2 Å². The monoisotopic (exact) mass is 324 g/mol. The SMILES string of the molecule is Cc1ccc(S(=O)(=O)N2CCCC(Cl)C2)c2cccnc12. The Hall–Kier alpha value is -1.17. The fraction of sp³-hybridized carbons (Fsp3) is 0.400. The molecule has 2 heterocycles. The van der Waals surface area contributed by atoms with Crippen LogP contribution in [0.2, 0.25) is 0 Å². The molecule has 0 radical (unpaired) electrons. The molecule has 0 amide bonds. The Kier molecular flexibility index (Phi) is 3.90. The lowest BCUT2D eigenvalue weighted by Gasteiger charge is -2.29. The third-order valence-electron chi connectivity index (χ3n) is 3.88. The maximum atomic E-state index is 12.9. The molecule has 6 heteroatoms. The number of halogens is 1. The van der Waals surface area contributed by atoms with Crippen molar-refractivity contribution in [3.63, 3.8) is 0 Å². The normalized spacial score (nSPS) is 20.8. The van der Waals surface area contributed by atoms with Gasteiger partial charge in [0.1, 0.15) is 0 Å². The van der Waals surface area contributed by atoms with E-state index < -0.39 is 10.0 Å². The summed E-state index contributed by atoms with van der Waals surface area (Å²) in [6.07, 6.45) is 3.35. The van der Waals surface area contributed by atoms with E-state index >= 15 is 0 Å². The van der Waals surface area contributed by atoms with E-state index in [9.17, 15) is 8.42 Å². The van der Waals surface area contributed by atoms with E-state index in [2.05, 4.69) is 4.98 Å². The molecule has 1 aliphatic heterocycles. The largest absolute Gasteiger partial charge is 0.256 e. The van der Waals surface area contributed by atoms with Crippen LogP contribution < -0.4 is 0 Å². The first-order chi connectivity index (χ1) is 10.00. The molecule has 112 valence electrons. The van der Waals surface area contributed by atoms with Gasteiger partial charge in [-0.3, -0.25) is 4.98 Å². The number of piperidine rings is 1. The molecule has 3 rings (SSSR count). The third-order valence-corrected chi connectivity index (χ3v) is 6.16. The molecule has 0 saturated carbocycles. The number of aryl methyl sites for hydroxylation is 1. The van der Waals surface area contributed by atoms with Gasteiger partial charge in [0.25, 0.3) is 0 Å². The average Bonchev–Trinajstić information content (AvgIpc) is 2.47. The zero-order valence-electron chi connectivity index (χ0n) is 11.8. The number of hydrogen-bond acceptors (Lipinski definition) is 3. The van der Waals surface area contributed by atoms with E-state index in [1.807, 2.05) is 19.1 Å². The number of sulfonamides is 1. The first-order valence-corrected chi connectivity index (χ1v) is 8.86. The molecule has 1 aromatic carbocycles. The van der Waals surface area contributed by atoms with Crippen molar-refractivity contribution >= 4 is 32.5 Å². The van der Waals surface area contributed by atoms with Crippen molar-refractivity contribution in [2.75, 3.05) is 13.1 Å². The van der Waals surface area contributed by atoms with Gasteiger partial charge in [0, 0.05) is 30.0 Å². The van der Waals surface area contributed by atoms with Gasteiger partial charge >= 0.3 is 0 Å². The summed E-state index contributed by atoms with van der Waals surface area (Å²) < 4.78 is 27.3. The molecule has 1 aromatic heterocycles. The van der Waals surface area contributed by atoms with Gasteiger partial charge in [-0.2, -0.15) is 4.31 Å². The van der Waals surface area contributed by atoms with Crippen molar-refractivity contribution in [3.8, 4) is 0 Å². The maximum Gasteiger partial charge on any atom is 0.243 e. The van der Waals surface area contributed by atoms with Crippen LogP contribution >= 0.6 is 11.6 Å². The maximum absolute atomic E-state index is 12.9. The van der Waals surface area contributed by atoms with Gasteiger partial charge in [0.2, 0.25) is 10.0 Å². The second-order valence-corrected chi connectivity index (χ2v) is 7.91. The number of pyridine rings is 1.